The largest absolute Gasteiger partial charge is 1.00 e. The second kappa shape index (κ2) is 24.4. The van der Waals surface area contributed by atoms with Gasteiger partial charge >= 0.3 is 29.6 Å². The molecule has 396 valence electrons. The molecule has 0 radical (unpaired) electrons. The zero-order valence-corrected chi connectivity index (χ0v) is 51.7. The van der Waals surface area contributed by atoms with Gasteiger partial charge in [-0.15, -0.1) is 0 Å². The van der Waals surface area contributed by atoms with Crippen molar-refractivity contribution in [3.63, 3.8) is 0 Å². The average Bonchev–Trinajstić information content (AvgIpc) is 3.73. The van der Waals surface area contributed by atoms with Crippen LogP contribution in [0, 0.1) is 7.43 Å². The summed E-state index contributed by atoms with van der Waals surface area (Å²) in [5.41, 5.74) is 31.7. The zero-order chi connectivity index (χ0) is 54.2. The van der Waals surface area contributed by atoms with Crippen LogP contribution >= 0.6 is 31.9 Å². The van der Waals surface area contributed by atoms with Crippen LogP contribution in [0.5, 0.6) is 0 Å². The third-order valence-electron chi connectivity index (χ3n) is 16.1. The average molecular weight is 1210 g/mol. The minimum atomic E-state index is 0. The van der Waals surface area contributed by atoms with Gasteiger partial charge in [-0.2, -0.15) is 0 Å². The molecule has 83 heavy (non-hydrogen) atoms. The summed E-state index contributed by atoms with van der Waals surface area (Å²) < 4.78 is 2.32. The van der Waals surface area contributed by atoms with E-state index in [1.807, 2.05) is 60.7 Å². The summed E-state index contributed by atoms with van der Waals surface area (Å²) in [6, 6.07) is 100. The van der Waals surface area contributed by atoms with Gasteiger partial charge in [0.15, 0.2) is 0 Å². The molecular weight excluding hydrogens is 1150 g/mol. The van der Waals surface area contributed by atoms with Crippen LogP contribution in [0.15, 0.2) is 288 Å². The maximum atomic E-state index is 3.61. The van der Waals surface area contributed by atoms with Crippen molar-refractivity contribution in [3.05, 3.63) is 340 Å². The molecule has 0 spiro atoms. The van der Waals surface area contributed by atoms with E-state index in [1.165, 1.54) is 100 Å². The SMILES string of the molecule is Brc1ccc2c(c1)-c1cc3c(cc1C2)-c1cc(Br)ccc1C3.[CH3-].[Na+].c1ccc(N(c2ccccc2)c2ccc3c(c2)-c2cc4c(cc2C3)-c2cc(N(c3ccccc3)c3ccccc3)ccc2C4)cc1.c1ccc(Nc2ccccc2)cc1. The Kier molecular flexibility index (Phi) is 16.4. The van der Waals surface area contributed by atoms with Crippen LogP contribution in [-0.4, -0.2) is 0 Å². The summed E-state index contributed by atoms with van der Waals surface area (Å²) in [4.78, 5) is 4.71. The van der Waals surface area contributed by atoms with Gasteiger partial charge in [0.1, 0.15) is 0 Å². The van der Waals surface area contributed by atoms with Crippen LogP contribution in [-0.2, 0) is 25.7 Å². The van der Waals surface area contributed by atoms with Gasteiger partial charge in [-0.25, -0.2) is 0 Å². The Labute approximate surface area is 527 Å². The van der Waals surface area contributed by atoms with Crippen molar-refractivity contribution in [3.8, 4) is 44.5 Å². The van der Waals surface area contributed by atoms with Crippen molar-refractivity contribution in [1.82, 2.24) is 0 Å². The number of anilines is 8. The molecular formula is C77H58Br2N3Na. The molecule has 1 N–H and O–H groups in total. The minimum Gasteiger partial charge on any atom is -0.358 e. The summed E-state index contributed by atoms with van der Waals surface area (Å²) in [6.07, 6.45) is 4.03. The molecule has 0 bridgehead atoms. The first kappa shape index (κ1) is 55.5. The molecule has 4 aliphatic carbocycles. The van der Waals surface area contributed by atoms with Crippen LogP contribution in [0.1, 0.15) is 44.5 Å². The number of hydrogen-bond acceptors (Lipinski definition) is 3. The van der Waals surface area contributed by atoms with E-state index in [1.54, 1.807) is 0 Å². The normalized spacial score (nSPS) is 11.8. The molecule has 6 heteroatoms. The number of nitrogens with zero attached hydrogens (tertiary/aromatic N) is 2. The first-order chi connectivity index (χ1) is 39.9. The predicted molar refractivity (Wildman–Crippen MR) is 353 cm³/mol. The summed E-state index contributed by atoms with van der Waals surface area (Å²) in [5, 5.41) is 3.30. The fourth-order valence-corrected chi connectivity index (χ4v) is 13.0. The Bertz CT molecular complexity index is 3920. The molecule has 0 saturated carbocycles. The Morgan fingerprint density at radius 2 is 0.482 bits per heavy atom. The van der Waals surface area contributed by atoms with E-state index in [0.717, 1.165) is 68.8 Å². The fraction of sp³-hybridized carbons (Fsp3) is 0.0519. The monoisotopic (exact) mass is 1210 g/mol. The van der Waals surface area contributed by atoms with Gasteiger partial charge in [-0.1, -0.05) is 165 Å². The molecule has 0 heterocycles. The molecule has 16 rings (SSSR count). The first-order valence-corrected chi connectivity index (χ1v) is 29.4. The molecule has 0 saturated heterocycles. The van der Waals surface area contributed by atoms with E-state index in [9.17, 15) is 0 Å². The van der Waals surface area contributed by atoms with Gasteiger partial charge in [0, 0.05) is 54.4 Å². The van der Waals surface area contributed by atoms with Crippen LogP contribution in [0.25, 0.3) is 44.5 Å². The van der Waals surface area contributed by atoms with Gasteiger partial charge in [0.2, 0.25) is 0 Å². The Hall–Kier alpha value is -8.00. The van der Waals surface area contributed by atoms with Gasteiger partial charge in [-0.3, -0.25) is 0 Å². The maximum Gasteiger partial charge on any atom is 1.00 e. The van der Waals surface area contributed by atoms with Crippen molar-refractivity contribution in [2.24, 2.45) is 0 Å². The molecule has 0 amide bonds. The fourth-order valence-electron chi connectivity index (χ4n) is 12.3. The number of rotatable bonds is 8. The van der Waals surface area contributed by atoms with E-state index in [4.69, 9.17) is 0 Å². The Morgan fingerprint density at radius 1 is 0.241 bits per heavy atom. The summed E-state index contributed by atoms with van der Waals surface area (Å²) in [5.74, 6) is 0. The molecule has 0 aromatic heterocycles. The number of fused-ring (bicyclic) bond motifs is 12. The number of halogens is 2. The van der Waals surface area contributed by atoms with Crippen LogP contribution in [0.2, 0.25) is 0 Å². The summed E-state index contributed by atoms with van der Waals surface area (Å²) >= 11 is 7.21. The van der Waals surface area contributed by atoms with Crippen LogP contribution in [0.4, 0.5) is 45.5 Å². The van der Waals surface area contributed by atoms with E-state index in [0.29, 0.717) is 0 Å². The topological polar surface area (TPSA) is 18.5 Å². The molecule has 0 aliphatic heterocycles. The van der Waals surface area contributed by atoms with Crippen molar-refractivity contribution in [2.45, 2.75) is 25.7 Å². The molecule has 3 nitrogen and oxygen atoms in total. The third-order valence-corrected chi connectivity index (χ3v) is 17.1. The number of nitrogens with one attached hydrogen (secondary N) is 1. The van der Waals surface area contributed by atoms with E-state index >= 15 is 0 Å². The van der Waals surface area contributed by atoms with Crippen molar-refractivity contribution in [1.29, 1.82) is 0 Å². The second-order valence-electron chi connectivity index (χ2n) is 21.2. The van der Waals surface area contributed by atoms with Crippen LogP contribution < -0.4 is 44.7 Å². The van der Waals surface area contributed by atoms with Gasteiger partial charge in [0.25, 0.3) is 0 Å². The smallest absolute Gasteiger partial charge is 0.358 e. The number of para-hydroxylation sites is 6. The van der Waals surface area contributed by atoms with Crippen molar-refractivity contribution < 1.29 is 29.6 Å². The Balaban J connectivity index is 0.000000151. The standard InChI is InChI=1S/C44H32N2.C20H12Br2.C12H11N.CH3.Na/c1-5-13-35(14-6-1)45(36-15-7-2-8-16-36)39-23-21-31-25-33-28-42-34(27-41(33)43(31)29-39)26-32-22-24-40(30-44(32)42)46(37-17-9-3-10-18-37)38-19-11-4-12-20-38;21-15-3-1-11-5-13-7-18-14(8-17(13)19(11)9-15)6-12-2-4-16(22)10-20(12)18;1-3-7-11(8-4-1)13-12-9-5-2-6-10-12;;/h1-24,27-30H,25-26H2;1-4,7-10H,5-6H2;1-10,13H;1H3;/q;;;-1;+1. The van der Waals surface area contributed by atoms with Crippen molar-refractivity contribution in [2.75, 3.05) is 15.1 Å². The second-order valence-corrected chi connectivity index (χ2v) is 23.0. The molecule has 0 fully saturated rings. The summed E-state index contributed by atoms with van der Waals surface area (Å²) in [6.45, 7) is 0. The Morgan fingerprint density at radius 3 is 0.771 bits per heavy atom. The minimum absolute atomic E-state index is 0. The molecule has 4 aliphatic rings. The quantitative estimate of drug-likeness (QED) is 0.121. The first-order valence-electron chi connectivity index (χ1n) is 27.8. The van der Waals surface area contributed by atoms with E-state index in [-0.39, 0.29) is 37.0 Å². The van der Waals surface area contributed by atoms with Gasteiger partial charge in [-0.05, 0) is 260 Å². The molecule has 0 atom stereocenters. The van der Waals surface area contributed by atoms with Crippen LogP contribution in [0.3, 0.4) is 0 Å². The van der Waals surface area contributed by atoms with Crippen molar-refractivity contribution >= 4 is 77.4 Å². The number of benzene rings is 12. The van der Waals surface area contributed by atoms with E-state index in [2.05, 4.69) is 265 Å². The molecule has 0 unspecified atom stereocenters. The molecule has 12 aromatic rings. The summed E-state index contributed by atoms with van der Waals surface area (Å²) in [7, 11) is 0. The number of hydrogen-bond donors (Lipinski definition) is 1. The zero-order valence-electron chi connectivity index (χ0n) is 46.5. The van der Waals surface area contributed by atoms with E-state index < -0.39 is 0 Å². The third kappa shape index (κ3) is 11.3. The molecule has 12 aromatic carbocycles. The van der Waals surface area contributed by atoms with Gasteiger partial charge < -0.3 is 22.5 Å². The predicted octanol–water partition coefficient (Wildman–Crippen LogP) is 19.0. The maximum absolute atomic E-state index is 3.61. The van der Waals surface area contributed by atoms with Gasteiger partial charge in [0.05, 0.1) is 0 Å².